The maximum atomic E-state index is 11.0. The summed E-state index contributed by atoms with van der Waals surface area (Å²) in [6.45, 7) is 3.48. The van der Waals surface area contributed by atoms with Gasteiger partial charge in [-0.2, -0.15) is 0 Å². The minimum absolute atomic E-state index is 0.289. The molecular formula is C8H10O4. The predicted molar refractivity (Wildman–Crippen MR) is 39.7 cm³/mol. The van der Waals surface area contributed by atoms with Gasteiger partial charge in [0.15, 0.2) is 0 Å². The Morgan fingerprint density at radius 3 is 2.83 bits per heavy atom. The zero-order valence-electron chi connectivity index (χ0n) is 6.62. The lowest BCUT2D eigenvalue weighted by Crippen LogP contribution is -2.21. The van der Waals surface area contributed by atoms with Crippen LogP contribution in [0.25, 0.3) is 0 Å². The molecule has 1 aliphatic rings. The molecule has 1 unspecified atom stereocenters. The van der Waals surface area contributed by atoms with E-state index in [9.17, 15) is 9.59 Å². The van der Waals surface area contributed by atoms with Gasteiger partial charge in [-0.3, -0.25) is 0 Å². The first-order valence-corrected chi connectivity index (χ1v) is 3.78. The van der Waals surface area contributed by atoms with Crippen LogP contribution in [0, 0.1) is 5.92 Å². The van der Waals surface area contributed by atoms with Gasteiger partial charge in [0.2, 0.25) is 0 Å². The normalized spacial score (nSPS) is 24.8. The second-order valence-electron chi connectivity index (χ2n) is 2.59. The molecule has 1 fully saturated rings. The van der Waals surface area contributed by atoms with Crippen molar-refractivity contribution in [3.05, 3.63) is 12.7 Å². The lowest BCUT2D eigenvalue weighted by atomic mass is 10.0. The highest BCUT2D eigenvalue weighted by Gasteiger charge is 2.22. The molecule has 4 nitrogen and oxygen atoms in total. The van der Waals surface area contributed by atoms with Gasteiger partial charge >= 0.3 is 11.9 Å². The summed E-state index contributed by atoms with van der Waals surface area (Å²) in [4.78, 5) is 30.1. The Bertz CT molecular complexity index is 209. The number of hydrogen-bond acceptors (Lipinski definition) is 4. The first-order chi connectivity index (χ1) is 5.74. The molecule has 1 aliphatic heterocycles. The topological polar surface area (TPSA) is 52.6 Å². The Hall–Kier alpha value is -1.32. The largest absolute Gasteiger partial charge is 0.362 e. The minimum Gasteiger partial charge on any atom is -0.247 e. The quantitative estimate of drug-likeness (QED) is 0.434. The Labute approximate surface area is 70.1 Å². The van der Waals surface area contributed by atoms with Gasteiger partial charge in [-0.25, -0.2) is 19.4 Å². The fourth-order valence-corrected chi connectivity index (χ4v) is 0.989. The second kappa shape index (κ2) is 3.90. The summed E-state index contributed by atoms with van der Waals surface area (Å²) in [7, 11) is 0. The van der Waals surface area contributed by atoms with E-state index in [1.54, 1.807) is 0 Å². The van der Waals surface area contributed by atoms with E-state index in [-0.39, 0.29) is 12.3 Å². The number of rotatable bonds is 1. The fourth-order valence-electron chi connectivity index (χ4n) is 0.989. The van der Waals surface area contributed by atoms with E-state index in [1.807, 2.05) is 0 Å². The van der Waals surface area contributed by atoms with Crippen LogP contribution in [-0.2, 0) is 19.4 Å². The third kappa shape index (κ3) is 2.08. The van der Waals surface area contributed by atoms with Crippen molar-refractivity contribution < 1.29 is 19.4 Å². The van der Waals surface area contributed by atoms with Gasteiger partial charge in [-0.05, 0) is 12.8 Å². The van der Waals surface area contributed by atoms with Crippen LogP contribution in [0.4, 0.5) is 0 Å². The van der Waals surface area contributed by atoms with Crippen molar-refractivity contribution in [3.8, 4) is 0 Å². The lowest BCUT2D eigenvalue weighted by Gasteiger charge is -2.12. The first kappa shape index (κ1) is 8.77. The predicted octanol–water partition coefficient (Wildman–Crippen LogP) is 0.974. The minimum atomic E-state index is -0.543. The zero-order chi connectivity index (χ0) is 8.97. The Morgan fingerprint density at radius 2 is 2.17 bits per heavy atom. The molecule has 0 aromatic heterocycles. The molecule has 0 aromatic carbocycles. The SMILES string of the molecule is C=CC1CCCC(=O)OOC1=O. The molecule has 66 valence electrons. The molecule has 12 heavy (non-hydrogen) atoms. The van der Waals surface area contributed by atoms with Crippen LogP contribution in [0.15, 0.2) is 12.7 Å². The van der Waals surface area contributed by atoms with Crippen molar-refractivity contribution in [3.63, 3.8) is 0 Å². The molecule has 0 saturated carbocycles. The van der Waals surface area contributed by atoms with Gasteiger partial charge in [-0.15, -0.1) is 6.58 Å². The maximum Gasteiger partial charge on any atom is 0.362 e. The third-order valence-electron chi connectivity index (χ3n) is 1.70. The van der Waals surface area contributed by atoms with Crippen molar-refractivity contribution in [2.24, 2.45) is 5.92 Å². The Kier molecular flexibility index (Phi) is 2.85. The molecule has 0 aliphatic carbocycles. The van der Waals surface area contributed by atoms with Crippen LogP contribution in [0.3, 0.4) is 0 Å². The number of hydrogen-bond donors (Lipinski definition) is 0. The molecule has 1 heterocycles. The van der Waals surface area contributed by atoms with Gasteiger partial charge in [0.25, 0.3) is 0 Å². The summed E-state index contributed by atoms with van der Waals surface area (Å²) in [6, 6.07) is 0. The van der Waals surface area contributed by atoms with Gasteiger partial charge in [0, 0.05) is 0 Å². The summed E-state index contributed by atoms with van der Waals surface area (Å²) in [5, 5.41) is 0. The van der Waals surface area contributed by atoms with Gasteiger partial charge < -0.3 is 0 Å². The number of carbonyl (C=O) groups excluding carboxylic acids is 2. The zero-order valence-corrected chi connectivity index (χ0v) is 6.62. The van der Waals surface area contributed by atoms with Gasteiger partial charge in [0.1, 0.15) is 0 Å². The number of carbonyl (C=O) groups is 2. The van der Waals surface area contributed by atoms with E-state index in [0.717, 1.165) is 0 Å². The monoisotopic (exact) mass is 170 g/mol. The molecule has 0 N–H and O–H groups in total. The molecule has 0 radical (unpaired) electrons. The summed E-state index contributed by atoms with van der Waals surface area (Å²) in [5.74, 6) is -1.39. The maximum absolute atomic E-state index is 11.0. The van der Waals surface area contributed by atoms with Crippen molar-refractivity contribution in [1.29, 1.82) is 0 Å². The van der Waals surface area contributed by atoms with E-state index in [1.165, 1.54) is 6.08 Å². The summed E-state index contributed by atoms with van der Waals surface area (Å²) >= 11 is 0. The highest BCUT2D eigenvalue weighted by Crippen LogP contribution is 2.15. The average Bonchev–Trinajstić information content (AvgIpc) is 2.06. The molecular weight excluding hydrogens is 160 g/mol. The fraction of sp³-hybridized carbons (Fsp3) is 0.500. The summed E-state index contributed by atoms with van der Waals surface area (Å²) in [5.41, 5.74) is 0. The molecule has 1 saturated heterocycles. The molecule has 1 rings (SSSR count). The average molecular weight is 170 g/mol. The van der Waals surface area contributed by atoms with Gasteiger partial charge in [0.05, 0.1) is 12.3 Å². The smallest absolute Gasteiger partial charge is 0.247 e. The van der Waals surface area contributed by atoms with Crippen molar-refractivity contribution in [1.82, 2.24) is 0 Å². The van der Waals surface area contributed by atoms with Crippen LogP contribution < -0.4 is 0 Å². The standard InChI is InChI=1S/C8H10O4/c1-2-6-4-3-5-7(9)11-12-8(6)10/h2,6H,1,3-5H2. The molecule has 1 atom stereocenters. The first-order valence-electron chi connectivity index (χ1n) is 3.78. The molecule has 0 spiro atoms. The molecule has 0 aromatic rings. The molecule has 4 heteroatoms. The van der Waals surface area contributed by atoms with E-state index >= 15 is 0 Å². The lowest BCUT2D eigenvalue weighted by molar-refractivity contribution is -0.263. The van der Waals surface area contributed by atoms with Gasteiger partial charge in [-0.1, -0.05) is 6.08 Å². The summed E-state index contributed by atoms with van der Waals surface area (Å²) in [6.07, 6.45) is 3.02. The van der Waals surface area contributed by atoms with Crippen LogP contribution >= 0.6 is 0 Å². The van der Waals surface area contributed by atoms with Crippen molar-refractivity contribution >= 4 is 11.9 Å². The van der Waals surface area contributed by atoms with Crippen LogP contribution in [0.5, 0.6) is 0 Å². The highest BCUT2D eigenvalue weighted by molar-refractivity contribution is 5.76. The third-order valence-corrected chi connectivity index (χ3v) is 1.70. The van der Waals surface area contributed by atoms with Crippen LogP contribution in [0.1, 0.15) is 19.3 Å². The Morgan fingerprint density at radius 1 is 1.42 bits per heavy atom. The van der Waals surface area contributed by atoms with E-state index in [4.69, 9.17) is 0 Å². The highest BCUT2D eigenvalue weighted by atomic mass is 17.2. The Balaban J connectivity index is 2.55. The summed E-state index contributed by atoms with van der Waals surface area (Å²) < 4.78 is 0. The van der Waals surface area contributed by atoms with Crippen LogP contribution in [0.2, 0.25) is 0 Å². The van der Waals surface area contributed by atoms with Crippen LogP contribution in [-0.4, -0.2) is 11.9 Å². The second-order valence-corrected chi connectivity index (χ2v) is 2.59. The molecule has 0 bridgehead atoms. The molecule has 0 amide bonds. The van der Waals surface area contributed by atoms with Crippen molar-refractivity contribution in [2.45, 2.75) is 19.3 Å². The van der Waals surface area contributed by atoms with E-state index in [2.05, 4.69) is 16.4 Å². The van der Waals surface area contributed by atoms with Crippen molar-refractivity contribution in [2.75, 3.05) is 0 Å². The van der Waals surface area contributed by atoms with E-state index < -0.39 is 11.9 Å². The van der Waals surface area contributed by atoms with E-state index in [0.29, 0.717) is 12.8 Å².